The Morgan fingerprint density at radius 2 is 2.12 bits per heavy atom. The molecule has 1 saturated heterocycles. The summed E-state index contributed by atoms with van der Waals surface area (Å²) < 4.78 is 5.08. The lowest BCUT2D eigenvalue weighted by atomic mass is 10.3. The first-order chi connectivity index (χ1) is 7.81. The minimum Gasteiger partial charge on any atom is -0.459 e. The lowest BCUT2D eigenvalue weighted by Gasteiger charge is -2.33. The predicted octanol–water partition coefficient (Wildman–Crippen LogP) is 0.0297. The number of rotatable bonds is 3. The molecule has 0 unspecified atom stereocenters. The van der Waals surface area contributed by atoms with E-state index in [9.17, 15) is 4.79 Å². The van der Waals surface area contributed by atoms with E-state index in [1.807, 2.05) is 0 Å². The van der Waals surface area contributed by atoms with E-state index in [1.54, 1.807) is 17.0 Å². The van der Waals surface area contributed by atoms with E-state index in [0.29, 0.717) is 25.4 Å². The lowest BCUT2D eigenvalue weighted by molar-refractivity contribution is 0.0585. The van der Waals surface area contributed by atoms with Crippen LogP contribution in [0.4, 0.5) is 0 Å². The fourth-order valence-electron chi connectivity index (χ4n) is 1.87. The van der Waals surface area contributed by atoms with Gasteiger partial charge in [0.2, 0.25) is 0 Å². The van der Waals surface area contributed by atoms with Gasteiger partial charge in [0.15, 0.2) is 5.76 Å². The predicted molar refractivity (Wildman–Crippen MR) is 58.1 cm³/mol. The molecule has 5 nitrogen and oxygen atoms in total. The van der Waals surface area contributed by atoms with Gasteiger partial charge >= 0.3 is 0 Å². The first-order valence-electron chi connectivity index (χ1n) is 5.47. The number of β-amino-alcohol motifs (C(OH)–C–C–N with tert-alkyl or cyclic N) is 1. The smallest absolute Gasteiger partial charge is 0.289 e. The van der Waals surface area contributed by atoms with Crippen molar-refractivity contribution in [2.75, 3.05) is 39.3 Å². The Hall–Kier alpha value is -1.33. The Balaban J connectivity index is 1.87. The molecule has 0 bridgehead atoms. The molecule has 16 heavy (non-hydrogen) atoms. The summed E-state index contributed by atoms with van der Waals surface area (Å²) in [5, 5.41) is 8.81. The van der Waals surface area contributed by atoms with Crippen LogP contribution in [0.3, 0.4) is 0 Å². The van der Waals surface area contributed by atoms with Crippen LogP contribution in [-0.2, 0) is 0 Å². The summed E-state index contributed by atoms with van der Waals surface area (Å²) in [6.45, 7) is 3.87. The maximum absolute atomic E-state index is 11.9. The van der Waals surface area contributed by atoms with Gasteiger partial charge in [-0.05, 0) is 12.1 Å². The summed E-state index contributed by atoms with van der Waals surface area (Å²) in [5.74, 6) is 0.351. The van der Waals surface area contributed by atoms with Crippen LogP contribution >= 0.6 is 0 Å². The summed E-state index contributed by atoms with van der Waals surface area (Å²) in [4.78, 5) is 15.8. The number of amides is 1. The number of nitrogens with zero attached hydrogens (tertiary/aromatic N) is 2. The Bertz CT molecular complexity index is 329. The van der Waals surface area contributed by atoms with Crippen molar-refractivity contribution in [3.8, 4) is 0 Å². The molecule has 1 aromatic heterocycles. The van der Waals surface area contributed by atoms with Crippen molar-refractivity contribution >= 4 is 5.91 Å². The maximum Gasteiger partial charge on any atom is 0.289 e. The van der Waals surface area contributed by atoms with Crippen molar-refractivity contribution < 1.29 is 14.3 Å². The topological polar surface area (TPSA) is 56.9 Å². The third kappa shape index (κ3) is 2.43. The maximum atomic E-state index is 11.9. The van der Waals surface area contributed by atoms with Crippen molar-refractivity contribution in [1.82, 2.24) is 9.80 Å². The van der Waals surface area contributed by atoms with Gasteiger partial charge in [-0.3, -0.25) is 9.69 Å². The zero-order valence-electron chi connectivity index (χ0n) is 9.13. The minimum atomic E-state index is -0.0475. The number of hydrogen-bond acceptors (Lipinski definition) is 4. The van der Waals surface area contributed by atoms with Gasteiger partial charge in [0.25, 0.3) is 5.91 Å². The molecular weight excluding hydrogens is 208 g/mol. The monoisotopic (exact) mass is 224 g/mol. The van der Waals surface area contributed by atoms with E-state index in [0.717, 1.165) is 13.1 Å². The third-order valence-corrected chi connectivity index (χ3v) is 2.81. The van der Waals surface area contributed by atoms with Crippen molar-refractivity contribution in [2.24, 2.45) is 0 Å². The highest BCUT2D eigenvalue weighted by Crippen LogP contribution is 2.08. The second-order valence-electron chi connectivity index (χ2n) is 3.83. The Morgan fingerprint density at radius 3 is 2.69 bits per heavy atom. The van der Waals surface area contributed by atoms with Crippen LogP contribution in [0, 0.1) is 0 Å². The molecule has 88 valence electrons. The summed E-state index contributed by atoms with van der Waals surface area (Å²) in [6.07, 6.45) is 1.51. The molecule has 0 saturated carbocycles. The largest absolute Gasteiger partial charge is 0.459 e. The highest BCUT2D eigenvalue weighted by molar-refractivity contribution is 5.91. The SMILES string of the molecule is O=C(c1ccco1)N1CCN(CCO)CC1. The second kappa shape index (κ2) is 5.14. The van der Waals surface area contributed by atoms with Gasteiger partial charge in [0.05, 0.1) is 12.9 Å². The van der Waals surface area contributed by atoms with Crippen LogP contribution in [0.2, 0.25) is 0 Å². The van der Waals surface area contributed by atoms with Gasteiger partial charge in [0, 0.05) is 32.7 Å². The van der Waals surface area contributed by atoms with E-state index in [-0.39, 0.29) is 12.5 Å². The van der Waals surface area contributed by atoms with Crippen molar-refractivity contribution in [1.29, 1.82) is 0 Å². The number of carbonyl (C=O) groups excluding carboxylic acids is 1. The van der Waals surface area contributed by atoms with E-state index in [1.165, 1.54) is 6.26 Å². The van der Waals surface area contributed by atoms with Gasteiger partial charge in [-0.2, -0.15) is 0 Å². The highest BCUT2D eigenvalue weighted by atomic mass is 16.3. The molecule has 1 aliphatic heterocycles. The summed E-state index contributed by atoms with van der Waals surface area (Å²) >= 11 is 0. The molecule has 1 N–H and O–H groups in total. The van der Waals surface area contributed by atoms with Gasteiger partial charge in [-0.25, -0.2) is 0 Å². The standard InChI is InChI=1S/C11H16N2O3/c14-8-7-12-3-5-13(6-4-12)11(15)10-2-1-9-16-10/h1-2,9,14H,3-8H2. The normalized spacial score (nSPS) is 17.7. The third-order valence-electron chi connectivity index (χ3n) is 2.81. The van der Waals surface area contributed by atoms with Crippen LogP contribution in [0.15, 0.2) is 22.8 Å². The Labute approximate surface area is 94.2 Å². The molecule has 0 aromatic carbocycles. The number of aliphatic hydroxyl groups excluding tert-OH is 1. The van der Waals surface area contributed by atoms with Gasteiger partial charge in [0.1, 0.15) is 0 Å². The van der Waals surface area contributed by atoms with Gasteiger partial charge in [-0.15, -0.1) is 0 Å². The summed E-state index contributed by atoms with van der Waals surface area (Å²) in [5.41, 5.74) is 0. The molecule has 2 heterocycles. The van der Waals surface area contributed by atoms with Crippen molar-refractivity contribution in [3.05, 3.63) is 24.2 Å². The summed E-state index contributed by atoms with van der Waals surface area (Å²) in [7, 11) is 0. The van der Waals surface area contributed by atoms with Gasteiger partial charge in [-0.1, -0.05) is 0 Å². The number of aliphatic hydroxyl groups is 1. The molecule has 1 aromatic rings. The molecule has 1 fully saturated rings. The van der Waals surface area contributed by atoms with Crippen LogP contribution in [0.5, 0.6) is 0 Å². The van der Waals surface area contributed by atoms with E-state index < -0.39 is 0 Å². The van der Waals surface area contributed by atoms with Gasteiger partial charge < -0.3 is 14.4 Å². The minimum absolute atomic E-state index is 0.0475. The number of piperazine rings is 1. The zero-order chi connectivity index (χ0) is 11.4. The number of hydrogen-bond donors (Lipinski definition) is 1. The molecular formula is C11H16N2O3. The zero-order valence-corrected chi connectivity index (χ0v) is 9.13. The first kappa shape index (κ1) is 11.2. The molecule has 0 spiro atoms. The van der Waals surface area contributed by atoms with Crippen molar-refractivity contribution in [3.63, 3.8) is 0 Å². The first-order valence-corrected chi connectivity index (χ1v) is 5.47. The molecule has 1 aliphatic rings. The molecule has 0 radical (unpaired) electrons. The average Bonchev–Trinajstić information content (AvgIpc) is 2.83. The molecule has 5 heteroatoms. The van der Waals surface area contributed by atoms with Crippen LogP contribution in [0.1, 0.15) is 10.6 Å². The van der Waals surface area contributed by atoms with E-state index in [2.05, 4.69) is 4.90 Å². The highest BCUT2D eigenvalue weighted by Gasteiger charge is 2.22. The Morgan fingerprint density at radius 1 is 1.38 bits per heavy atom. The number of furan rings is 1. The van der Waals surface area contributed by atoms with Crippen LogP contribution < -0.4 is 0 Å². The molecule has 0 aliphatic carbocycles. The second-order valence-corrected chi connectivity index (χ2v) is 3.83. The summed E-state index contributed by atoms with van der Waals surface area (Å²) in [6, 6.07) is 3.40. The van der Waals surface area contributed by atoms with Crippen LogP contribution in [-0.4, -0.2) is 60.1 Å². The lowest BCUT2D eigenvalue weighted by Crippen LogP contribution is -2.49. The molecule has 0 atom stereocenters. The number of carbonyl (C=O) groups is 1. The van der Waals surface area contributed by atoms with Crippen molar-refractivity contribution in [2.45, 2.75) is 0 Å². The van der Waals surface area contributed by atoms with Crippen LogP contribution in [0.25, 0.3) is 0 Å². The molecule has 1 amide bonds. The quantitative estimate of drug-likeness (QED) is 0.787. The molecule has 2 rings (SSSR count). The van der Waals surface area contributed by atoms with E-state index in [4.69, 9.17) is 9.52 Å². The average molecular weight is 224 g/mol. The van der Waals surface area contributed by atoms with E-state index >= 15 is 0 Å². The Kier molecular flexibility index (Phi) is 3.58. The fourth-order valence-corrected chi connectivity index (χ4v) is 1.87. The fraction of sp³-hybridized carbons (Fsp3) is 0.545.